The minimum Gasteiger partial charge on any atom is -0.477 e. The Bertz CT molecular complexity index is 656. The van der Waals surface area contributed by atoms with Gasteiger partial charge in [-0.1, -0.05) is 42.1 Å². The fourth-order valence-electron chi connectivity index (χ4n) is 2.16. The zero-order chi connectivity index (χ0) is 15.0. The number of ketones is 1. The Morgan fingerprint density at radius 2 is 2.05 bits per heavy atom. The van der Waals surface area contributed by atoms with Crippen molar-refractivity contribution >= 4 is 41.2 Å². The van der Waals surface area contributed by atoms with Gasteiger partial charge in [0.05, 0.1) is 21.8 Å². The number of Topliss-reactive ketones (excluding diaryl/α,β-unsaturated/α-hetero) is 1. The van der Waals surface area contributed by atoms with E-state index in [-0.39, 0.29) is 28.5 Å². The molecule has 1 amide bonds. The van der Waals surface area contributed by atoms with Crippen molar-refractivity contribution < 1.29 is 19.5 Å². The molecule has 2 aliphatic rings. The Hall–Kier alpha value is -1.73. The Balaban J connectivity index is 1.72. The highest BCUT2D eigenvalue weighted by Gasteiger charge is 2.48. The monoisotopic (exact) mass is 321 g/mol. The molecule has 1 N–H and O–H groups in total. The van der Waals surface area contributed by atoms with Crippen LogP contribution in [0.3, 0.4) is 0 Å². The van der Waals surface area contributed by atoms with Gasteiger partial charge in [-0.25, -0.2) is 4.79 Å². The summed E-state index contributed by atoms with van der Waals surface area (Å²) in [5, 5.41) is 9.13. The van der Waals surface area contributed by atoms with E-state index >= 15 is 0 Å². The molecule has 0 aliphatic carbocycles. The molecule has 108 valence electrons. The van der Waals surface area contributed by atoms with E-state index in [1.165, 1.54) is 28.4 Å². The fraction of sp³-hybridized carbons (Fsp3) is 0.214. The van der Waals surface area contributed by atoms with Crippen molar-refractivity contribution in [3.8, 4) is 0 Å². The molecule has 0 aromatic heterocycles. The summed E-state index contributed by atoms with van der Waals surface area (Å²) >= 11 is 2.54. The summed E-state index contributed by atoms with van der Waals surface area (Å²) in [7, 11) is 0. The van der Waals surface area contributed by atoms with Gasteiger partial charge in [-0.2, -0.15) is 0 Å². The van der Waals surface area contributed by atoms with Gasteiger partial charge in [-0.3, -0.25) is 14.5 Å². The maximum absolute atomic E-state index is 12.0. The maximum atomic E-state index is 12.0. The second-order valence-electron chi connectivity index (χ2n) is 4.56. The third kappa shape index (κ3) is 2.58. The average molecular weight is 321 g/mol. The summed E-state index contributed by atoms with van der Waals surface area (Å²) in [5.41, 5.74) is 0.622. The number of carboxylic acids is 1. The number of thioether (sulfide) groups is 2. The largest absolute Gasteiger partial charge is 0.477 e. The number of rotatable bonds is 5. The lowest BCUT2D eigenvalue weighted by Crippen LogP contribution is -2.48. The van der Waals surface area contributed by atoms with Crippen LogP contribution in [0.25, 0.3) is 0 Å². The van der Waals surface area contributed by atoms with Crippen LogP contribution in [-0.2, 0) is 9.59 Å². The smallest absolute Gasteiger partial charge is 0.354 e. The molecule has 2 aliphatic heterocycles. The molecule has 0 unspecified atom stereocenters. The molecule has 1 atom stereocenters. The number of hydrogen-bond donors (Lipinski definition) is 1. The summed E-state index contributed by atoms with van der Waals surface area (Å²) < 4.78 is 0.544. The van der Waals surface area contributed by atoms with E-state index in [1.54, 1.807) is 24.3 Å². The zero-order valence-electron chi connectivity index (χ0n) is 10.8. The quantitative estimate of drug-likeness (QED) is 0.662. The highest BCUT2D eigenvalue weighted by Crippen LogP contribution is 2.50. The Morgan fingerprint density at radius 1 is 1.33 bits per heavy atom. The van der Waals surface area contributed by atoms with Gasteiger partial charge in [0.2, 0.25) is 5.91 Å². The van der Waals surface area contributed by atoms with Crippen LogP contribution in [0.1, 0.15) is 16.8 Å². The first-order valence-electron chi connectivity index (χ1n) is 6.25. The number of benzene rings is 1. The van der Waals surface area contributed by atoms with Gasteiger partial charge in [0.15, 0.2) is 11.5 Å². The van der Waals surface area contributed by atoms with Gasteiger partial charge in [-0.15, -0.1) is 11.8 Å². The van der Waals surface area contributed by atoms with E-state index in [4.69, 9.17) is 0 Å². The van der Waals surface area contributed by atoms with Crippen molar-refractivity contribution in [2.45, 2.75) is 11.8 Å². The summed E-state index contributed by atoms with van der Waals surface area (Å²) in [6.07, 6.45) is 0.359. The lowest BCUT2D eigenvalue weighted by atomic mass is 10.2. The Kier molecular flexibility index (Phi) is 3.77. The SMILES string of the molecule is O=C(O)C1=C(SCC(=O)c2ccccc2)S[C@H]2CC(=O)N12. The first-order chi connectivity index (χ1) is 10.1. The van der Waals surface area contributed by atoms with Gasteiger partial charge in [0.1, 0.15) is 0 Å². The molecule has 0 radical (unpaired) electrons. The van der Waals surface area contributed by atoms with Crippen molar-refractivity contribution in [2.24, 2.45) is 0 Å². The predicted octanol–water partition coefficient (Wildman–Crippen LogP) is 2.16. The molecule has 21 heavy (non-hydrogen) atoms. The van der Waals surface area contributed by atoms with Crippen LogP contribution in [0.4, 0.5) is 0 Å². The number of carboxylic acid groups (broad SMARTS) is 1. The molecular weight excluding hydrogens is 310 g/mol. The lowest BCUT2D eigenvalue weighted by molar-refractivity contribution is -0.145. The second-order valence-corrected chi connectivity index (χ2v) is 6.99. The third-order valence-electron chi connectivity index (χ3n) is 3.22. The van der Waals surface area contributed by atoms with E-state index in [0.717, 1.165) is 0 Å². The van der Waals surface area contributed by atoms with Crippen LogP contribution < -0.4 is 0 Å². The Morgan fingerprint density at radius 3 is 2.67 bits per heavy atom. The number of aliphatic carboxylic acids is 1. The standard InChI is InChI=1S/C14H11NO4S2/c16-9(8-4-2-1-3-5-8)7-20-14-12(13(18)19)15-10(17)6-11(15)21-14/h1-5,11H,6-7H2,(H,18,19)/t11-/m0/s1. The summed E-state index contributed by atoms with van der Waals surface area (Å²) in [4.78, 5) is 36.1. The number of carbonyl (C=O) groups is 3. The molecule has 2 heterocycles. The van der Waals surface area contributed by atoms with Crippen molar-refractivity contribution in [3.63, 3.8) is 0 Å². The van der Waals surface area contributed by atoms with Crippen molar-refractivity contribution in [3.05, 3.63) is 45.8 Å². The van der Waals surface area contributed by atoms with Gasteiger partial charge < -0.3 is 5.11 Å². The Labute approximate surface area is 129 Å². The van der Waals surface area contributed by atoms with Gasteiger partial charge in [-0.05, 0) is 0 Å². The number of nitrogens with zero attached hydrogens (tertiary/aromatic N) is 1. The summed E-state index contributed by atoms with van der Waals surface area (Å²) in [6.45, 7) is 0. The molecule has 1 fully saturated rings. The number of β-lactam (4-membered cyclic amide) rings is 1. The number of amides is 1. The molecule has 1 aromatic rings. The van der Waals surface area contributed by atoms with E-state index in [2.05, 4.69) is 0 Å². The van der Waals surface area contributed by atoms with Crippen molar-refractivity contribution in [1.29, 1.82) is 0 Å². The van der Waals surface area contributed by atoms with Crippen molar-refractivity contribution in [1.82, 2.24) is 4.90 Å². The predicted molar refractivity (Wildman–Crippen MR) is 80.7 cm³/mol. The normalized spacial score (nSPS) is 20.3. The van der Waals surface area contributed by atoms with Crippen LogP contribution >= 0.6 is 23.5 Å². The second kappa shape index (κ2) is 5.57. The lowest BCUT2D eigenvalue weighted by Gasteiger charge is -2.33. The number of carbonyl (C=O) groups excluding carboxylic acids is 2. The number of fused-ring (bicyclic) bond motifs is 1. The summed E-state index contributed by atoms with van der Waals surface area (Å²) in [6, 6.07) is 8.86. The topological polar surface area (TPSA) is 74.7 Å². The molecule has 0 spiro atoms. The minimum absolute atomic E-state index is 0.0205. The van der Waals surface area contributed by atoms with Crippen LogP contribution in [0, 0.1) is 0 Å². The highest BCUT2D eigenvalue weighted by molar-refractivity contribution is 8.23. The average Bonchev–Trinajstić information content (AvgIpc) is 2.78. The van der Waals surface area contributed by atoms with E-state index < -0.39 is 5.97 Å². The summed E-state index contributed by atoms with van der Waals surface area (Å²) in [5.74, 6) is -1.18. The van der Waals surface area contributed by atoms with E-state index in [9.17, 15) is 19.5 Å². The molecule has 1 saturated heterocycles. The number of hydrogen-bond acceptors (Lipinski definition) is 5. The third-order valence-corrected chi connectivity index (χ3v) is 5.78. The van der Waals surface area contributed by atoms with Crippen molar-refractivity contribution in [2.75, 3.05) is 5.75 Å². The molecule has 1 aromatic carbocycles. The maximum Gasteiger partial charge on any atom is 0.354 e. The van der Waals surface area contributed by atoms with E-state index in [1.807, 2.05) is 6.07 Å². The van der Waals surface area contributed by atoms with Crippen LogP contribution in [0.2, 0.25) is 0 Å². The van der Waals surface area contributed by atoms with Crippen LogP contribution in [0.5, 0.6) is 0 Å². The van der Waals surface area contributed by atoms with Crippen LogP contribution in [-0.4, -0.2) is 38.8 Å². The van der Waals surface area contributed by atoms with Gasteiger partial charge in [0, 0.05) is 5.56 Å². The molecular formula is C14H11NO4S2. The van der Waals surface area contributed by atoms with Gasteiger partial charge >= 0.3 is 5.97 Å². The molecule has 3 rings (SSSR count). The van der Waals surface area contributed by atoms with Gasteiger partial charge in [0.25, 0.3) is 0 Å². The zero-order valence-corrected chi connectivity index (χ0v) is 12.4. The first kappa shape index (κ1) is 14.2. The molecule has 7 heteroatoms. The first-order valence-corrected chi connectivity index (χ1v) is 8.12. The van der Waals surface area contributed by atoms with E-state index in [0.29, 0.717) is 16.2 Å². The molecule has 5 nitrogen and oxygen atoms in total. The molecule has 0 saturated carbocycles. The minimum atomic E-state index is -1.12. The molecule has 0 bridgehead atoms. The fourth-order valence-corrected chi connectivity index (χ4v) is 4.79. The van der Waals surface area contributed by atoms with Crippen LogP contribution in [0.15, 0.2) is 40.3 Å². The highest BCUT2D eigenvalue weighted by atomic mass is 32.2.